The van der Waals surface area contributed by atoms with Crippen LogP contribution in [0.2, 0.25) is 5.02 Å². The van der Waals surface area contributed by atoms with Gasteiger partial charge in [0.2, 0.25) is 11.8 Å². The van der Waals surface area contributed by atoms with Crippen LogP contribution in [0.3, 0.4) is 0 Å². The van der Waals surface area contributed by atoms with Gasteiger partial charge in [0, 0.05) is 22.7 Å². The van der Waals surface area contributed by atoms with Crippen LogP contribution in [-0.4, -0.2) is 33.5 Å². The van der Waals surface area contributed by atoms with Crippen molar-refractivity contribution in [2.45, 2.75) is 13.3 Å². The van der Waals surface area contributed by atoms with Gasteiger partial charge in [-0.1, -0.05) is 54.1 Å². The van der Waals surface area contributed by atoms with Crippen molar-refractivity contribution in [2.24, 2.45) is 5.73 Å². The highest BCUT2D eigenvalue weighted by molar-refractivity contribution is 6.33. The topological polar surface area (TPSA) is 130 Å². The Balaban J connectivity index is 1.28. The maximum atomic E-state index is 12.8. The van der Waals surface area contributed by atoms with E-state index in [4.69, 9.17) is 22.1 Å². The number of rotatable bonds is 9. The number of pyridine rings is 1. The first-order valence-electron chi connectivity index (χ1n) is 12.9. The first kappa shape index (κ1) is 27.5. The molecule has 2 amide bonds. The number of H-pyrrole nitrogens is 1. The van der Waals surface area contributed by atoms with Crippen LogP contribution in [0.15, 0.2) is 85.1 Å². The zero-order valence-corrected chi connectivity index (χ0v) is 22.9. The van der Waals surface area contributed by atoms with Crippen LogP contribution < -0.4 is 15.8 Å². The van der Waals surface area contributed by atoms with Crippen molar-refractivity contribution in [2.75, 3.05) is 11.9 Å². The highest BCUT2D eigenvalue weighted by Crippen LogP contribution is 2.30. The van der Waals surface area contributed by atoms with Crippen molar-refractivity contribution in [1.82, 2.24) is 9.97 Å². The first-order valence-corrected chi connectivity index (χ1v) is 13.3. The Hall–Kier alpha value is -5.08. The summed E-state index contributed by atoms with van der Waals surface area (Å²) in [6.07, 6.45) is 3.51. The molecule has 0 unspecified atom stereocenters. The van der Waals surface area contributed by atoms with E-state index in [0.717, 1.165) is 27.8 Å². The van der Waals surface area contributed by atoms with E-state index in [2.05, 4.69) is 15.3 Å². The van der Waals surface area contributed by atoms with Crippen LogP contribution in [0.1, 0.15) is 23.6 Å². The van der Waals surface area contributed by atoms with E-state index in [0.29, 0.717) is 29.2 Å². The van der Waals surface area contributed by atoms with Crippen LogP contribution in [0.4, 0.5) is 5.82 Å². The van der Waals surface area contributed by atoms with Gasteiger partial charge in [-0.25, -0.2) is 4.98 Å². The average Bonchev–Trinajstić information content (AvgIpc) is 3.35. The number of hydrogen-bond acceptors (Lipinski definition) is 5. The third kappa shape index (κ3) is 6.40. The molecule has 206 valence electrons. The third-order valence-corrected chi connectivity index (χ3v) is 6.76. The largest absolute Gasteiger partial charge is 0.506 e. The Labute approximate surface area is 241 Å². The lowest BCUT2D eigenvalue weighted by molar-refractivity contribution is -0.115. The SMILES string of the molecule is CCOc1cccc(-c2ccc(CC(=O)Nc3ccc4c(/C=C(\C(N)=O)c5ccc(O)c(Cl)c5)c[nH]c4n3)cc2)c1. The highest BCUT2D eigenvalue weighted by atomic mass is 35.5. The number of carbonyl (C=O) groups is 2. The second-order valence-electron chi connectivity index (χ2n) is 9.31. The number of nitrogens with two attached hydrogens (primary N) is 1. The summed E-state index contributed by atoms with van der Waals surface area (Å²) in [6.45, 7) is 2.56. The second-order valence-corrected chi connectivity index (χ2v) is 9.72. The summed E-state index contributed by atoms with van der Waals surface area (Å²) in [6, 6.07) is 23.7. The number of phenolic OH excluding ortho intramolecular Hbond substituents is 1. The number of aromatic hydroxyl groups is 1. The Morgan fingerprint density at radius 3 is 2.59 bits per heavy atom. The Morgan fingerprint density at radius 2 is 1.85 bits per heavy atom. The number of carbonyl (C=O) groups excluding carboxylic acids is 2. The maximum Gasteiger partial charge on any atom is 0.249 e. The molecule has 0 aliphatic carbocycles. The number of nitrogens with one attached hydrogen (secondary N) is 2. The van der Waals surface area contributed by atoms with E-state index >= 15 is 0 Å². The molecule has 0 bridgehead atoms. The number of hydrogen-bond donors (Lipinski definition) is 4. The summed E-state index contributed by atoms with van der Waals surface area (Å²) >= 11 is 6.01. The van der Waals surface area contributed by atoms with Gasteiger partial charge >= 0.3 is 0 Å². The fourth-order valence-corrected chi connectivity index (χ4v) is 4.64. The molecule has 9 heteroatoms. The smallest absolute Gasteiger partial charge is 0.249 e. The van der Waals surface area contributed by atoms with Gasteiger partial charge in [-0.2, -0.15) is 0 Å². The number of ether oxygens (including phenoxy) is 1. The molecule has 0 fully saturated rings. The molecule has 0 aliphatic rings. The highest BCUT2D eigenvalue weighted by Gasteiger charge is 2.14. The zero-order chi connectivity index (χ0) is 28.9. The van der Waals surface area contributed by atoms with E-state index < -0.39 is 5.91 Å². The monoisotopic (exact) mass is 566 g/mol. The number of aromatic nitrogens is 2. The molecule has 5 aromatic rings. The van der Waals surface area contributed by atoms with Gasteiger partial charge in [0.15, 0.2) is 0 Å². The molecule has 0 radical (unpaired) electrons. The van der Waals surface area contributed by atoms with E-state index in [-0.39, 0.29) is 28.7 Å². The van der Waals surface area contributed by atoms with E-state index in [1.807, 2.05) is 55.5 Å². The van der Waals surface area contributed by atoms with Crippen molar-refractivity contribution in [3.05, 3.63) is 107 Å². The van der Waals surface area contributed by atoms with Crippen LogP contribution >= 0.6 is 11.6 Å². The molecule has 5 N–H and O–H groups in total. The van der Waals surface area contributed by atoms with Gasteiger partial charge in [0.05, 0.1) is 18.1 Å². The van der Waals surface area contributed by atoms with Gasteiger partial charge in [0.1, 0.15) is 23.0 Å². The molecule has 0 atom stereocenters. The normalized spacial score (nSPS) is 11.4. The van der Waals surface area contributed by atoms with Gasteiger partial charge in [-0.3, -0.25) is 9.59 Å². The Kier molecular flexibility index (Phi) is 8.03. The van der Waals surface area contributed by atoms with Crippen molar-refractivity contribution in [3.8, 4) is 22.6 Å². The summed E-state index contributed by atoms with van der Waals surface area (Å²) in [5.41, 5.74) is 10.5. The van der Waals surface area contributed by atoms with Crippen molar-refractivity contribution < 1.29 is 19.4 Å². The molecule has 3 aromatic carbocycles. The molecule has 0 saturated carbocycles. The Bertz CT molecular complexity index is 1780. The Morgan fingerprint density at radius 1 is 1.05 bits per heavy atom. The third-order valence-electron chi connectivity index (χ3n) is 6.46. The van der Waals surface area contributed by atoms with Crippen molar-refractivity contribution >= 4 is 51.9 Å². The molecule has 2 aromatic heterocycles. The number of phenols is 1. The fraction of sp³-hybridized carbons (Fsp3) is 0.0938. The maximum absolute atomic E-state index is 12.8. The van der Waals surface area contributed by atoms with Crippen LogP contribution in [0, 0.1) is 0 Å². The molecule has 0 saturated heterocycles. The molecule has 5 rings (SSSR count). The first-order chi connectivity index (χ1) is 19.8. The fourth-order valence-electron chi connectivity index (χ4n) is 4.46. The predicted molar refractivity (Wildman–Crippen MR) is 162 cm³/mol. The standard InChI is InChI=1S/C32H27ClN4O4/c1-2-41-24-5-3-4-21(15-24)20-8-6-19(7-9-20)14-30(39)36-29-13-11-25-23(18-35-32(25)37-29)16-26(31(34)40)22-10-12-28(38)27(33)17-22/h3-13,15-18,38H,2,14H2,1H3,(H2,34,40)(H2,35,36,37,39)/b26-16-. The van der Waals surface area contributed by atoms with Gasteiger partial charge in [-0.05, 0) is 71.7 Å². The van der Waals surface area contributed by atoms with E-state index in [1.54, 1.807) is 30.5 Å². The zero-order valence-electron chi connectivity index (χ0n) is 22.1. The van der Waals surface area contributed by atoms with Gasteiger partial charge in [-0.15, -0.1) is 0 Å². The van der Waals surface area contributed by atoms with E-state index in [1.165, 1.54) is 12.1 Å². The molecule has 0 aliphatic heterocycles. The minimum absolute atomic E-state index is 0.0919. The number of primary amides is 1. The number of aromatic amines is 1. The molecule has 41 heavy (non-hydrogen) atoms. The lowest BCUT2D eigenvalue weighted by Crippen LogP contribution is -2.15. The number of anilines is 1. The number of fused-ring (bicyclic) bond motifs is 1. The molecule has 8 nitrogen and oxygen atoms in total. The summed E-state index contributed by atoms with van der Waals surface area (Å²) in [7, 11) is 0. The summed E-state index contributed by atoms with van der Waals surface area (Å²) < 4.78 is 5.59. The lowest BCUT2D eigenvalue weighted by Gasteiger charge is -2.08. The average molecular weight is 567 g/mol. The number of nitrogens with zero attached hydrogens (tertiary/aromatic N) is 1. The lowest BCUT2D eigenvalue weighted by atomic mass is 10.0. The molecule has 2 heterocycles. The molecular formula is C32H27ClN4O4. The second kappa shape index (κ2) is 12.0. The predicted octanol–water partition coefficient (Wildman–Crippen LogP) is 6.19. The number of amides is 2. The van der Waals surface area contributed by atoms with Gasteiger partial charge in [0.25, 0.3) is 0 Å². The van der Waals surface area contributed by atoms with Crippen LogP contribution in [0.5, 0.6) is 11.5 Å². The van der Waals surface area contributed by atoms with Crippen LogP contribution in [-0.2, 0) is 16.0 Å². The molecular weight excluding hydrogens is 540 g/mol. The van der Waals surface area contributed by atoms with Crippen molar-refractivity contribution in [3.63, 3.8) is 0 Å². The number of halogens is 1. The minimum Gasteiger partial charge on any atom is -0.506 e. The quantitative estimate of drug-likeness (QED) is 0.158. The van der Waals surface area contributed by atoms with E-state index in [9.17, 15) is 14.7 Å². The summed E-state index contributed by atoms with van der Waals surface area (Å²) in [5, 5.41) is 13.4. The van der Waals surface area contributed by atoms with Gasteiger partial charge < -0.3 is 25.9 Å². The summed E-state index contributed by atoms with van der Waals surface area (Å²) in [4.78, 5) is 32.5. The number of benzene rings is 3. The minimum atomic E-state index is -0.648. The van der Waals surface area contributed by atoms with Crippen molar-refractivity contribution in [1.29, 1.82) is 0 Å². The molecule has 0 spiro atoms. The van der Waals surface area contributed by atoms with Crippen LogP contribution in [0.25, 0.3) is 33.8 Å². The summed E-state index contributed by atoms with van der Waals surface area (Å²) in [5.74, 6) is 0.272.